The van der Waals surface area contributed by atoms with Crippen LogP contribution in [0.5, 0.6) is 0 Å². The summed E-state index contributed by atoms with van der Waals surface area (Å²) in [5.41, 5.74) is 2.04. The third kappa shape index (κ3) is 4.84. The monoisotopic (exact) mass is 359 g/mol. The number of rotatable bonds is 6. The Bertz CT molecular complexity index is 692. The van der Waals surface area contributed by atoms with E-state index in [1.54, 1.807) is 0 Å². The van der Waals surface area contributed by atoms with Crippen LogP contribution in [0.15, 0.2) is 24.3 Å². The molecule has 2 heterocycles. The van der Waals surface area contributed by atoms with Gasteiger partial charge in [0, 0.05) is 31.9 Å². The number of carbonyl (C=O) groups is 1. The summed E-state index contributed by atoms with van der Waals surface area (Å²) in [6, 6.07) is 7.89. The number of anilines is 1. The van der Waals surface area contributed by atoms with Crippen LogP contribution in [-0.4, -0.2) is 58.6 Å². The highest BCUT2D eigenvalue weighted by Crippen LogP contribution is 2.16. The Hall–Kier alpha value is -1.83. The second kappa shape index (κ2) is 8.51. The summed E-state index contributed by atoms with van der Waals surface area (Å²) in [4.78, 5) is 17.1. The molecule has 6 nitrogen and oxygen atoms in total. The van der Waals surface area contributed by atoms with E-state index < -0.39 is 0 Å². The van der Waals surface area contributed by atoms with Crippen molar-refractivity contribution in [2.75, 3.05) is 38.0 Å². The molecule has 1 amide bonds. The lowest BCUT2D eigenvalue weighted by atomic mass is 10.1. The van der Waals surface area contributed by atoms with Gasteiger partial charge in [0.05, 0.1) is 6.54 Å². The zero-order chi connectivity index (χ0) is 17.6. The van der Waals surface area contributed by atoms with Gasteiger partial charge >= 0.3 is 0 Å². The van der Waals surface area contributed by atoms with Crippen molar-refractivity contribution in [3.8, 4) is 0 Å². The predicted octanol–water partition coefficient (Wildman–Crippen LogP) is 2.49. The summed E-state index contributed by atoms with van der Waals surface area (Å²) < 4.78 is 0. The number of carbonyl (C=O) groups excluding carboxylic acids is 1. The van der Waals surface area contributed by atoms with E-state index >= 15 is 0 Å². The van der Waals surface area contributed by atoms with E-state index in [4.69, 9.17) is 0 Å². The van der Waals surface area contributed by atoms with E-state index in [-0.39, 0.29) is 5.91 Å². The Balaban J connectivity index is 1.54. The molecule has 1 saturated heterocycles. The van der Waals surface area contributed by atoms with Gasteiger partial charge in [-0.25, -0.2) is 0 Å². The molecule has 0 radical (unpaired) electrons. The van der Waals surface area contributed by atoms with Gasteiger partial charge in [-0.15, -0.1) is 10.2 Å². The van der Waals surface area contributed by atoms with Gasteiger partial charge in [-0.2, -0.15) is 0 Å². The van der Waals surface area contributed by atoms with Crippen LogP contribution in [0, 0.1) is 0 Å². The topological polar surface area (TPSA) is 61.4 Å². The van der Waals surface area contributed by atoms with Crippen molar-refractivity contribution >= 4 is 22.9 Å². The van der Waals surface area contributed by atoms with Crippen molar-refractivity contribution in [2.45, 2.75) is 26.8 Å². The van der Waals surface area contributed by atoms with Crippen molar-refractivity contribution in [3.05, 3.63) is 39.8 Å². The summed E-state index contributed by atoms with van der Waals surface area (Å²) in [6.07, 6.45) is 0.987. The standard InChI is InChI=1S/C18H25N5OS/c1-3-14-5-7-15(8-6-14)19-17(24)18-21-20-16(25-18)13-23-11-9-22(4-2)10-12-23/h5-8H,3-4,9-13H2,1-2H3,(H,19,24). The number of hydrogen-bond donors (Lipinski definition) is 1. The highest BCUT2D eigenvalue weighted by molar-refractivity contribution is 7.13. The van der Waals surface area contributed by atoms with Crippen molar-refractivity contribution in [2.24, 2.45) is 0 Å². The molecule has 1 N–H and O–H groups in total. The molecular weight excluding hydrogens is 334 g/mol. The predicted molar refractivity (Wildman–Crippen MR) is 101 cm³/mol. The van der Waals surface area contributed by atoms with Crippen LogP contribution in [0.4, 0.5) is 5.69 Å². The molecule has 1 aromatic carbocycles. The molecule has 1 aliphatic rings. The minimum Gasteiger partial charge on any atom is -0.320 e. The maximum atomic E-state index is 12.3. The maximum Gasteiger partial charge on any atom is 0.286 e. The highest BCUT2D eigenvalue weighted by atomic mass is 32.1. The van der Waals surface area contributed by atoms with Gasteiger partial charge in [0.2, 0.25) is 5.01 Å². The quantitative estimate of drug-likeness (QED) is 0.859. The van der Waals surface area contributed by atoms with Crippen LogP contribution in [0.25, 0.3) is 0 Å². The molecule has 7 heteroatoms. The molecule has 0 atom stereocenters. The molecule has 0 saturated carbocycles. The van der Waals surface area contributed by atoms with Crippen LogP contribution in [0.3, 0.4) is 0 Å². The zero-order valence-electron chi connectivity index (χ0n) is 14.9. The molecule has 1 aliphatic heterocycles. The van der Waals surface area contributed by atoms with E-state index in [2.05, 4.69) is 39.2 Å². The highest BCUT2D eigenvalue weighted by Gasteiger charge is 2.19. The summed E-state index contributed by atoms with van der Waals surface area (Å²) in [6.45, 7) is 10.5. The molecule has 0 aliphatic carbocycles. The molecule has 1 aromatic heterocycles. The average Bonchev–Trinajstić information content (AvgIpc) is 3.12. The van der Waals surface area contributed by atoms with Crippen LogP contribution in [0.1, 0.15) is 34.2 Å². The summed E-state index contributed by atoms with van der Waals surface area (Å²) in [5.74, 6) is -0.191. The molecule has 0 spiro atoms. The van der Waals surface area contributed by atoms with Crippen LogP contribution < -0.4 is 5.32 Å². The molecule has 25 heavy (non-hydrogen) atoms. The molecule has 0 bridgehead atoms. The number of piperazine rings is 1. The lowest BCUT2D eigenvalue weighted by Gasteiger charge is -2.33. The van der Waals surface area contributed by atoms with Crippen molar-refractivity contribution in [3.63, 3.8) is 0 Å². The number of likely N-dealkylation sites (N-methyl/N-ethyl adjacent to an activating group) is 1. The fourth-order valence-corrected chi connectivity index (χ4v) is 3.65. The molecule has 134 valence electrons. The lowest BCUT2D eigenvalue weighted by Crippen LogP contribution is -2.45. The molecule has 3 rings (SSSR count). The Morgan fingerprint density at radius 3 is 2.40 bits per heavy atom. The van der Waals surface area contributed by atoms with E-state index in [9.17, 15) is 4.79 Å². The number of nitrogens with one attached hydrogen (secondary N) is 1. The first-order valence-corrected chi connectivity index (χ1v) is 9.67. The number of aryl methyl sites for hydroxylation is 1. The SMILES string of the molecule is CCc1ccc(NC(=O)c2nnc(CN3CCN(CC)CC3)s2)cc1. The Kier molecular flexibility index (Phi) is 6.12. The Labute approximate surface area is 152 Å². The Morgan fingerprint density at radius 2 is 1.76 bits per heavy atom. The summed E-state index contributed by atoms with van der Waals surface area (Å²) >= 11 is 1.38. The number of nitrogens with zero attached hydrogens (tertiary/aromatic N) is 4. The van der Waals surface area contributed by atoms with Crippen molar-refractivity contribution in [1.29, 1.82) is 0 Å². The van der Waals surface area contributed by atoms with Crippen LogP contribution in [-0.2, 0) is 13.0 Å². The molecular formula is C18H25N5OS. The summed E-state index contributed by atoms with van der Waals surface area (Å²) in [7, 11) is 0. The number of amides is 1. The first-order valence-electron chi connectivity index (χ1n) is 8.85. The Morgan fingerprint density at radius 1 is 1.08 bits per heavy atom. The second-order valence-corrected chi connectivity index (χ2v) is 7.28. The fourth-order valence-electron chi connectivity index (χ4n) is 2.87. The van der Waals surface area contributed by atoms with Crippen molar-refractivity contribution in [1.82, 2.24) is 20.0 Å². The van der Waals surface area contributed by atoms with Gasteiger partial charge in [-0.1, -0.05) is 37.3 Å². The first kappa shape index (κ1) is 18.0. The van der Waals surface area contributed by atoms with Gasteiger partial charge in [0.15, 0.2) is 0 Å². The minimum atomic E-state index is -0.191. The van der Waals surface area contributed by atoms with Crippen LogP contribution >= 0.6 is 11.3 Å². The van der Waals surface area contributed by atoms with Gasteiger partial charge < -0.3 is 10.2 Å². The third-order valence-corrected chi connectivity index (χ3v) is 5.46. The van der Waals surface area contributed by atoms with E-state index in [0.29, 0.717) is 5.01 Å². The number of hydrogen-bond acceptors (Lipinski definition) is 6. The van der Waals surface area contributed by atoms with Crippen LogP contribution in [0.2, 0.25) is 0 Å². The summed E-state index contributed by atoms with van der Waals surface area (Å²) in [5, 5.41) is 12.5. The average molecular weight is 359 g/mol. The van der Waals surface area contributed by atoms with Gasteiger partial charge in [0.25, 0.3) is 5.91 Å². The van der Waals surface area contributed by atoms with Gasteiger partial charge in [-0.05, 0) is 30.7 Å². The first-order chi connectivity index (χ1) is 12.2. The largest absolute Gasteiger partial charge is 0.320 e. The number of aromatic nitrogens is 2. The minimum absolute atomic E-state index is 0.191. The van der Waals surface area contributed by atoms with Gasteiger partial charge in [0.1, 0.15) is 5.01 Å². The van der Waals surface area contributed by atoms with Gasteiger partial charge in [-0.3, -0.25) is 9.69 Å². The van der Waals surface area contributed by atoms with E-state index in [0.717, 1.165) is 56.4 Å². The maximum absolute atomic E-state index is 12.3. The van der Waals surface area contributed by atoms with E-state index in [1.807, 2.05) is 24.3 Å². The third-order valence-electron chi connectivity index (χ3n) is 4.55. The fraction of sp³-hybridized carbons (Fsp3) is 0.500. The second-order valence-electron chi connectivity index (χ2n) is 6.22. The van der Waals surface area contributed by atoms with E-state index in [1.165, 1.54) is 16.9 Å². The number of benzene rings is 1. The van der Waals surface area contributed by atoms with Crippen molar-refractivity contribution < 1.29 is 4.79 Å². The zero-order valence-corrected chi connectivity index (χ0v) is 15.7. The molecule has 1 fully saturated rings. The smallest absolute Gasteiger partial charge is 0.286 e. The molecule has 2 aromatic rings. The normalized spacial score (nSPS) is 16.1. The lowest BCUT2D eigenvalue weighted by molar-refractivity contribution is 0.102. The molecule has 0 unspecified atom stereocenters.